The first-order valence-electron chi connectivity index (χ1n) is 15.0. The highest BCUT2D eigenvalue weighted by atomic mass is 16.5. The highest BCUT2D eigenvalue weighted by Gasteiger charge is 2.30. The number of aromatic nitrogens is 4. The van der Waals surface area contributed by atoms with Crippen LogP contribution in [0.1, 0.15) is 48.3 Å². The van der Waals surface area contributed by atoms with Gasteiger partial charge in [-0.25, -0.2) is 9.97 Å². The maximum atomic E-state index is 13.3. The lowest BCUT2D eigenvalue weighted by atomic mass is 10.0. The molecular weight excluding hydrogens is 542 g/mol. The van der Waals surface area contributed by atoms with Crippen LogP contribution in [0.15, 0.2) is 67.0 Å². The SMILES string of the molecule is CCCCOc1cccc(Nc2ccc(-c3nc4c(c(N5CCOC[C@@H]5C)n3)CCN(C(=O)c3cccnc3)C4)cc2)n1. The summed E-state index contributed by atoms with van der Waals surface area (Å²) in [5.41, 5.74) is 4.37. The predicted octanol–water partition coefficient (Wildman–Crippen LogP) is 5.28. The summed E-state index contributed by atoms with van der Waals surface area (Å²) in [6.45, 7) is 8.05. The van der Waals surface area contributed by atoms with E-state index in [1.54, 1.807) is 24.5 Å². The van der Waals surface area contributed by atoms with Gasteiger partial charge in [-0.15, -0.1) is 0 Å². The van der Waals surface area contributed by atoms with Crippen LogP contribution >= 0.6 is 0 Å². The van der Waals surface area contributed by atoms with Crippen LogP contribution in [0, 0.1) is 0 Å². The van der Waals surface area contributed by atoms with Gasteiger partial charge in [0.25, 0.3) is 5.91 Å². The molecule has 5 heterocycles. The van der Waals surface area contributed by atoms with E-state index in [-0.39, 0.29) is 11.9 Å². The number of nitrogens with zero attached hydrogens (tertiary/aromatic N) is 6. The minimum absolute atomic E-state index is 0.0379. The minimum atomic E-state index is -0.0379. The van der Waals surface area contributed by atoms with Gasteiger partial charge in [0.1, 0.15) is 11.6 Å². The number of nitrogens with one attached hydrogen (secondary N) is 1. The molecule has 0 saturated carbocycles. The van der Waals surface area contributed by atoms with Crippen molar-refractivity contribution in [2.75, 3.05) is 43.1 Å². The Morgan fingerprint density at radius 3 is 2.74 bits per heavy atom. The van der Waals surface area contributed by atoms with E-state index in [0.29, 0.717) is 62.4 Å². The Bertz CT molecular complexity index is 1550. The van der Waals surface area contributed by atoms with Crippen molar-refractivity contribution >= 4 is 23.2 Å². The number of pyridine rings is 2. The van der Waals surface area contributed by atoms with E-state index < -0.39 is 0 Å². The number of rotatable bonds is 9. The molecule has 2 aliphatic heterocycles. The van der Waals surface area contributed by atoms with Crippen LogP contribution in [0.5, 0.6) is 5.88 Å². The number of amides is 1. The molecule has 1 aromatic carbocycles. The van der Waals surface area contributed by atoms with Crippen molar-refractivity contribution in [3.8, 4) is 17.3 Å². The van der Waals surface area contributed by atoms with E-state index in [2.05, 4.69) is 34.0 Å². The van der Waals surface area contributed by atoms with Gasteiger partial charge in [-0.1, -0.05) is 19.4 Å². The van der Waals surface area contributed by atoms with Crippen molar-refractivity contribution in [2.45, 2.75) is 45.7 Å². The van der Waals surface area contributed by atoms with Gasteiger partial charge in [-0.3, -0.25) is 9.78 Å². The quantitative estimate of drug-likeness (QED) is 0.265. The van der Waals surface area contributed by atoms with Crippen LogP contribution in [-0.2, 0) is 17.7 Å². The number of carbonyl (C=O) groups is 1. The highest BCUT2D eigenvalue weighted by Crippen LogP contribution is 2.32. The Labute approximate surface area is 252 Å². The molecule has 1 saturated heterocycles. The highest BCUT2D eigenvalue weighted by molar-refractivity contribution is 5.94. The molecule has 0 radical (unpaired) electrons. The number of carbonyl (C=O) groups excluding carboxylic acids is 1. The summed E-state index contributed by atoms with van der Waals surface area (Å²) in [6.07, 6.45) is 6.06. The second kappa shape index (κ2) is 13.2. The van der Waals surface area contributed by atoms with Crippen molar-refractivity contribution < 1.29 is 14.3 Å². The molecule has 2 aliphatic rings. The molecule has 1 atom stereocenters. The Balaban J connectivity index is 1.27. The summed E-state index contributed by atoms with van der Waals surface area (Å²) in [7, 11) is 0. The lowest BCUT2D eigenvalue weighted by molar-refractivity contribution is 0.0731. The molecule has 1 fully saturated rings. The number of morpholine rings is 1. The van der Waals surface area contributed by atoms with Crippen LogP contribution in [0.25, 0.3) is 11.4 Å². The molecule has 3 aromatic heterocycles. The molecule has 0 unspecified atom stereocenters. The third-order valence-electron chi connectivity index (χ3n) is 7.77. The van der Waals surface area contributed by atoms with Gasteiger partial charge in [0, 0.05) is 48.4 Å². The van der Waals surface area contributed by atoms with Gasteiger partial charge in [-0.05, 0) is 62.2 Å². The summed E-state index contributed by atoms with van der Waals surface area (Å²) >= 11 is 0. The first-order chi connectivity index (χ1) is 21.1. The molecule has 6 rings (SSSR count). The first kappa shape index (κ1) is 28.5. The number of anilines is 3. The largest absolute Gasteiger partial charge is 0.478 e. The van der Waals surface area contributed by atoms with E-state index in [1.807, 2.05) is 47.4 Å². The van der Waals surface area contributed by atoms with E-state index in [4.69, 9.17) is 19.4 Å². The zero-order valence-corrected chi connectivity index (χ0v) is 24.7. The third-order valence-corrected chi connectivity index (χ3v) is 7.77. The Morgan fingerprint density at radius 2 is 1.95 bits per heavy atom. The summed E-state index contributed by atoms with van der Waals surface area (Å²) < 4.78 is 11.5. The van der Waals surface area contributed by atoms with E-state index in [1.165, 1.54) is 0 Å². The lowest BCUT2D eigenvalue weighted by Gasteiger charge is -2.37. The number of ether oxygens (including phenoxy) is 2. The second-order valence-electron chi connectivity index (χ2n) is 10.9. The fourth-order valence-corrected chi connectivity index (χ4v) is 5.40. The molecular formula is C33H37N7O3. The summed E-state index contributed by atoms with van der Waals surface area (Å²) in [5, 5.41) is 3.36. The van der Waals surface area contributed by atoms with Crippen LogP contribution < -0.4 is 15.0 Å². The number of benzene rings is 1. The summed E-state index contributed by atoms with van der Waals surface area (Å²) in [6, 6.07) is 17.5. The molecule has 1 amide bonds. The van der Waals surface area contributed by atoms with Crippen LogP contribution in [0.4, 0.5) is 17.3 Å². The molecule has 0 aliphatic carbocycles. The fraction of sp³-hybridized carbons (Fsp3) is 0.364. The van der Waals surface area contributed by atoms with Crippen LogP contribution in [-0.4, -0.2) is 69.7 Å². The third kappa shape index (κ3) is 6.59. The van der Waals surface area contributed by atoms with E-state index >= 15 is 0 Å². The molecule has 4 aromatic rings. The van der Waals surface area contributed by atoms with E-state index in [9.17, 15) is 4.79 Å². The predicted molar refractivity (Wildman–Crippen MR) is 166 cm³/mol. The van der Waals surface area contributed by atoms with Crippen LogP contribution in [0.3, 0.4) is 0 Å². The minimum Gasteiger partial charge on any atom is -0.478 e. The monoisotopic (exact) mass is 579 g/mol. The van der Waals surface area contributed by atoms with Crippen molar-refractivity contribution in [2.24, 2.45) is 0 Å². The molecule has 0 bridgehead atoms. The Morgan fingerprint density at radius 1 is 1.07 bits per heavy atom. The standard InChI is InChI=1S/C33H37N7O3/c1-3-4-18-43-30-9-5-8-29(37-30)35-26-12-10-24(11-13-26)31-36-28-21-39(33(41)25-7-6-15-34-20-25)16-14-27(28)32(38-31)40-17-19-42-22-23(40)2/h5-13,15,20,23H,3-4,14,16-19,21-22H2,1-2H3,(H,35,37)/t23-/m0/s1. The Kier molecular flexibility index (Phi) is 8.74. The number of fused-ring (bicyclic) bond motifs is 1. The molecule has 43 heavy (non-hydrogen) atoms. The van der Waals surface area contributed by atoms with Gasteiger partial charge >= 0.3 is 0 Å². The molecule has 10 nitrogen and oxygen atoms in total. The van der Waals surface area contributed by atoms with Crippen molar-refractivity contribution in [1.29, 1.82) is 0 Å². The zero-order chi connectivity index (χ0) is 29.6. The maximum Gasteiger partial charge on any atom is 0.255 e. The van der Waals surface area contributed by atoms with Crippen molar-refractivity contribution in [3.05, 3.63) is 83.8 Å². The van der Waals surface area contributed by atoms with Gasteiger partial charge in [0.05, 0.1) is 43.7 Å². The molecule has 10 heteroatoms. The molecule has 222 valence electrons. The molecule has 0 spiro atoms. The fourth-order valence-electron chi connectivity index (χ4n) is 5.40. The van der Waals surface area contributed by atoms with Gasteiger partial charge < -0.3 is 24.6 Å². The second-order valence-corrected chi connectivity index (χ2v) is 10.9. The maximum absolute atomic E-state index is 13.3. The van der Waals surface area contributed by atoms with Crippen molar-refractivity contribution in [3.63, 3.8) is 0 Å². The lowest BCUT2D eigenvalue weighted by Crippen LogP contribution is -2.45. The number of hydrogen-bond donors (Lipinski definition) is 1. The van der Waals surface area contributed by atoms with E-state index in [0.717, 1.165) is 47.7 Å². The average molecular weight is 580 g/mol. The van der Waals surface area contributed by atoms with Gasteiger partial charge in [0.15, 0.2) is 5.82 Å². The van der Waals surface area contributed by atoms with Crippen LogP contribution in [0.2, 0.25) is 0 Å². The topological polar surface area (TPSA) is 106 Å². The summed E-state index contributed by atoms with van der Waals surface area (Å²) in [5.74, 6) is 2.87. The van der Waals surface area contributed by atoms with Gasteiger partial charge in [-0.2, -0.15) is 4.98 Å². The van der Waals surface area contributed by atoms with Gasteiger partial charge in [0.2, 0.25) is 5.88 Å². The summed E-state index contributed by atoms with van der Waals surface area (Å²) in [4.78, 5) is 36.3. The Hall–Kier alpha value is -4.57. The first-order valence-corrected chi connectivity index (χ1v) is 15.0. The number of unbranched alkanes of at least 4 members (excludes halogenated alkanes) is 1. The normalized spacial score (nSPS) is 16.5. The number of hydrogen-bond acceptors (Lipinski definition) is 9. The van der Waals surface area contributed by atoms with Crippen molar-refractivity contribution in [1.82, 2.24) is 24.8 Å². The smallest absolute Gasteiger partial charge is 0.255 e. The molecule has 1 N–H and O–H groups in total. The zero-order valence-electron chi connectivity index (χ0n) is 24.7. The average Bonchev–Trinajstić information content (AvgIpc) is 3.05.